The molecule has 1 aromatic carbocycles. The Hall–Kier alpha value is -0.900. The largest absolute Gasteiger partial charge is 0.326 e. The molecule has 3 heteroatoms. The van der Waals surface area contributed by atoms with Crippen LogP contribution in [0.15, 0.2) is 24.3 Å². The minimum atomic E-state index is 0.124. The molecule has 0 spiro atoms. The fourth-order valence-corrected chi connectivity index (χ4v) is 2.31. The van der Waals surface area contributed by atoms with Crippen LogP contribution in [0.5, 0.6) is 0 Å². The monoisotopic (exact) mass is 249 g/mol. The highest BCUT2D eigenvalue weighted by molar-refractivity contribution is 5.26. The van der Waals surface area contributed by atoms with Gasteiger partial charge in [-0.15, -0.1) is 0 Å². The fraction of sp³-hybridized carbons (Fsp3) is 0.600. The predicted octanol–water partition coefficient (Wildman–Crippen LogP) is 1.88. The second-order valence-corrected chi connectivity index (χ2v) is 5.50. The van der Waals surface area contributed by atoms with Crippen LogP contribution in [0.2, 0.25) is 0 Å². The lowest BCUT2D eigenvalue weighted by atomic mass is 9.98. The van der Waals surface area contributed by atoms with Crippen molar-refractivity contribution in [2.45, 2.75) is 25.9 Å². The molecule has 2 N–H and O–H groups in total. The van der Waals surface area contributed by atoms with E-state index < -0.39 is 0 Å². The Kier molecular flexibility index (Phi) is 5.79. The van der Waals surface area contributed by atoms with E-state index in [1.807, 2.05) is 0 Å². The summed E-state index contributed by atoms with van der Waals surface area (Å²) < 4.78 is 0. The van der Waals surface area contributed by atoms with Crippen molar-refractivity contribution in [3.63, 3.8) is 0 Å². The Labute approximate surface area is 112 Å². The van der Waals surface area contributed by atoms with Crippen LogP contribution in [0.25, 0.3) is 0 Å². The summed E-state index contributed by atoms with van der Waals surface area (Å²) in [6.45, 7) is 6.28. The second kappa shape index (κ2) is 6.88. The van der Waals surface area contributed by atoms with Gasteiger partial charge in [0.2, 0.25) is 0 Å². The Balaban J connectivity index is 2.82. The maximum Gasteiger partial charge on any atom is 0.0494 e. The van der Waals surface area contributed by atoms with Crippen LogP contribution < -0.4 is 5.73 Å². The van der Waals surface area contributed by atoms with Crippen molar-refractivity contribution in [2.24, 2.45) is 5.73 Å². The molecule has 0 amide bonds. The standard InChI is InChI=1S/C15H27N3/c1-12-7-6-8-14(11-12)15(13(2)16)18(5)10-9-17(3)4/h6-8,11,13,15H,9-10,16H2,1-5H3. The summed E-state index contributed by atoms with van der Waals surface area (Å²) in [7, 11) is 6.35. The van der Waals surface area contributed by atoms with Gasteiger partial charge in [-0.3, -0.25) is 4.90 Å². The lowest BCUT2D eigenvalue weighted by Gasteiger charge is -2.32. The molecule has 0 bridgehead atoms. The van der Waals surface area contributed by atoms with Gasteiger partial charge in [0.1, 0.15) is 0 Å². The molecule has 3 nitrogen and oxygen atoms in total. The number of nitrogens with zero attached hydrogens (tertiary/aromatic N) is 2. The van der Waals surface area contributed by atoms with Crippen molar-refractivity contribution in [3.8, 4) is 0 Å². The average molecular weight is 249 g/mol. The number of hydrogen-bond donors (Lipinski definition) is 1. The van der Waals surface area contributed by atoms with Crippen molar-refractivity contribution in [1.82, 2.24) is 9.80 Å². The number of benzene rings is 1. The van der Waals surface area contributed by atoms with E-state index >= 15 is 0 Å². The summed E-state index contributed by atoms with van der Waals surface area (Å²) in [5.74, 6) is 0. The number of rotatable bonds is 6. The van der Waals surface area contributed by atoms with E-state index in [2.05, 4.69) is 69.1 Å². The summed E-state index contributed by atoms with van der Waals surface area (Å²) in [6, 6.07) is 9.05. The molecule has 0 saturated carbocycles. The molecule has 102 valence electrons. The molecule has 1 rings (SSSR count). The van der Waals surface area contributed by atoms with Gasteiger partial charge >= 0.3 is 0 Å². The first-order valence-corrected chi connectivity index (χ1v) is 6.59. The summed E-state index contributed by atoms with van der Waals surface area (Å²) >= 11 is 0. The molecule has 0 radical (unpaired) electrons. The van der Waals surface area contributed by atoms with E-state index in [4.69, 9.17) is 5.73 Å². The van der Waals surface area contributed by atoms with E-state index in [0.717, 1.165) is 13.1 Å². The molecule has 0 aliphatic rings. The van der Waals surface area contributed by atoms with Crippen LogP contribution in [0.3, 0.4) is 0 Å². The first-order chi connectivity index (χ1) is 8.41. The summed E-state index contributed by atoms with van der Waals surface area (Å²) in [5.41, 5.74) is 8.77. The first kappa shape index (κ1) is 15.2. The zero-order valence-corrected chi connectivity index (χ0v) is 12.4. The van der Waals surface area contributed by atoms with Crippen LogP contribution >= 0.6 is 0 Å². The van der Waals surface area contributed by atoms with Gasteiger partial charge in [-0.2, -0.15) is 0 Å². The van der Waals surface area contributed by atoms with Gasteiger partial charge in [-0.25, -0.2) is 0 Å². The van der Waals surface area contributed by atoms with E-state index in [1.165, 1.54) is 11.1 Å². The van der Waals surface area contributed by atoms with Crippen molar-refractivity contribution < 1.29 is 0 Å². The molecular formula is C15H27N3. The lowest BCUT2D eigenvalue weighted by Crippen LogP contribution is -2.40. The summed E-state index contributed by atoms with van der Waals surface area (Å²) in [4.78, 5) is 4.55. The predicted molar refractivity (Wildman–Crippen MR) is 78.8 cm³/mol. The molecule has 1 aromatic rings. The smallest absolute Gasteiger partial charge is 0.0494 e. The fourth-order valence-electron chi connectivity index (χ4n) is 2.31. The van der Waals surface area contributed by atoms with E-state index in [9.17, 15) is 0 Å². The lowest BCUT2D eigenvalue weighted by molar-refractivity contribution is 0.198. The Morgan fingerprint density at radius 3 is 2.33 bits per heavy atom. The highest BCUT2D eigenvalue weighted by atomic mass is 15.2. The normalized spacial score (nSPS) is 15.1. The SMILES string of the molecule is Cc1cccc(C(C(C)N)N(C)CCN(C)C)c1. The van der Waals surface area contributed by atoms with E-state index in [-0.39, 0.29) is 12.1 Å². The van der Waals surface area contributed by atoms with Crippen LogP contribution in [0, 0.1) is 6.92 Å². The number of likely N-dealkylation sites (N-methyl/N-ethyl adjacent to an activating group) is 2. The van der Waals surface area contributed by atoms with Gasteiger partial charge < -0.3 is 10.6 Å². The van der Waals surface area contributed by atoms with Crippen LogP contribution in [-0.2, 0) is 0 Å². The third-order valence-corrected chi connectivity index (χ3v) is 3.26. The van der Waals surface area contributed by atoms with Gasteiger partial charge in [0, 0.05) is 25.2 Å². The molecule has 18 heavy (non-hydrogen) atoms. The maximum absolute atomic E-state index is 6.17. The van der Waals surface area contributed by atoms with Crippen molar-refractivity contribution in [2.75, 3.05) is 34.2 Å². The topological polar surface area (TPSA) is 32.5 Å². The zero-order valence-electron chi connectivity index (χ0n) is 12.4. The van der Waals surface area contributed by atoms with E-state index in [0.29, 0.717) is 0 Å². The highest BCUT2D eigenvalue weighted by Gasteiger charge is 2.20. The van der Waals surface area contributed by atoms with Gasteiger partial charge in [0.05, 0.1) is 0 Å². The Morgan fingerprint density at radius 1 is 1.17 bits per heavy atom. The highest BCUT2D eigenvalue weighted by Crippen LogP contribution is 2.22. The third kappa shape index (κ3) is 4.41. The Morgan fingerprint density at radius 2 is 1.83 bits per heavy atom. The molecule has 0 aliphatic heterocycles. The number of nitrogens with two attached hydrogens (primary N) is 1. The van der Waals surface area contributed by atoms with Gasteiger partial charge in [0.25, 0.3) is 0 Å². The summed E-state index contributed by atoms with van der Waals surface area (Å²) in [5, 5.41) is 0. The van der Waals surface area contributed by atoms with Gasteiger partial charge in [-0.05, 0) is 40.6 Å². The Bertz CT molecular complexity index is 361. The molecule has 2 unspecified atom stereocenters. The zero-order chi connectivity index (χ0) is 13.7. The molecule has 0 fully saturated rings. The van der Waals surface area contributed by atoms with Gasteiger partial charge in [0.15, 0.2) is 0 Å². The molecule has 0 heterocycles. The third-order valence-electron chi connectivity index (χ3n) is 3.26. The van der Waals surface area contributed by atoms with Crippen molar-refractivity contribution in [3.05, 3.63) is 35.4 Å². The molecule has 2 atom stereocenters. The molecule has 0 saturated heterocycles. The quantitative estimate of drug-likeness (QED) is 0.835. The number of aryl methyl sites for hydroxylation is 1. The number of hydrogen-bond acceptors (Lipinski definition) is 3. The average Bonchev–Trinajstić information content (AvgIpc) is 2.26. The molecular weight excluding hydrogens is 222 g/mol. The van der Waals surface area contributed by atoms with Crippen molar-refractivity contribution in [1.29, 1.82) is 0 Å². The minimum absolute atomic E-state index is 0.124. The minimum Gasteiger partial charge on any atom is -0.326 e. The first-order valence-electron chi connectivity index (χ1n) is 6.59. The second-order valence-electron chi connectivity index (χ2n) is 5.50. The molecule has 0 aromatic heterocycles. The van der Waals surface area contributed by atoms with E-state index in [1.54, 1.807) is 0 Å². The van der Waals surface area contributed by atoms with Gasteiger partial charge in [-0.1, -0.05) is 29.8 Å². The van der Waals surface area contributed by atoms with Crippen LogP contribution in [0.4, 0.5) is 0 Å². The molecule has 0 aliphatic carbocycles. The van der Waals surface area contributed by atoms with Crippen LogP contribution in [-0.4, -0.2) is 50.1 Å². The van der Waals surface area contributed by atoms with Crippen molar-refractivity contribution >= 4 is 0 Å². The van der Waals surface area contributed by atoms with Crippen LogP contribution in [0.1, 0.15) is 24.1 Å². The maximum atomic E-state index is 6.17. The summed E-state index contributed by atoms with van der Waals surface area (Å²) in [6.07, 6.45) is 0.